The molecular weight excluding hydrogens is 238 g/mol. The number of rotatable bonds is 5. The van der Waals surface area contributed by atoms with Crippen molar-refractivity contribution in [2.45, 2.75) is 29.9 Å². The molecule has 1 rings (SSSR count). The maximum absolute atomic E-state index is 11.9. The Morgan fingerprint density at radius 2 is 1.88 bits per heavy atom. The van der Waals surface area contributed by atoms with Crippen molar-refractivity contribution < 1.29 is 14.1 Å². The predicted molar refractivity (Wildman–Crippen MR) is 67.4 cm³/mol. The zero-order chi connectivity index (χ0) is 13.0. The number of carboxylic acids is 1. The van der Waals surface area contributed by atoms with Gasteiger partial charge in [0.25, 0.3) is 0 Å². The molecule has 3 N–H and O–H groups in total. The van der Waals surface area contributed by atoms with Crippen molar-refractivity contribution in [3.05, 3.63) is 29.8 Å². The Morgan fingerprint density at radius 1 is 1.35 bits per heavy atom. The van der Waals surface area contributed by atoms with E-state index in [2.05, 4.69) is 13.8 Å². The number of hydrogen-bond acceptors (Lipinski definition) is 3. The van der Waals surface area contributed by atoms with E-state index in [1.54, 1.807) is 12.1 Å². The third-order valence-corrected chi connectivity index (χ3v) is 4.17. The van der Waals surface area contributed by atoms with Crippen molar-refractivity contribution in [3.8, 4) is 0 Å². The first-order valence-corrected chi connectivity index (χ1v) is 6.62. The standard InChI is InChI=1S/C12H17NO3S/c1-8(2)9-3-5-10(6-4-9)17(16)11(7-13)12(14)15/h3-6,8,11H,7,13H2,1-2H3,(H,14,15). The second-order valence-corrected chi connectivity index (χ2v) is 5.72. The molecule has 2 atom stereocenters. The number of nitrogens with two attached hydrogens (primary N) is 1. The molecule has 2 unspecified atom stereocenters. The fourth-order valence-electron chi connectivity index (χ4n) is 1.43. The van der Waals surface area contributed by atoms with Gasteiger partial charge in [0.2, 0.25) is 0 Å². The van der Waals surface area contributed by atoms with Crippen LogP contribution >= 0.6 is 0 Å². The second kappa shape index (κ2) is 5.93. The first kappa shape index (κ1) is 13.9. The third-order valence-electron chi connectivity index (χ3n) is 2.53. The van der Waals surface area contributed by atoms with E-state index in [0.29, 0.717) is 10.8 Å². The highest BCUT2D eigenvalue weighted by Gasteiger charge is 2.24. The Hall–Kier alpha value is -1.20. The summed E-state index contributed by atoms with van der Waals surface area (Å²) in [6, 6.07) is 7.15. The molecule has 0 fully saturated rings. The van der Waals surface area contributed by atoms with Crippen LogP contribution in [0.5, 0.6) is 0 Å². The third kappa shape index (κ3) is 3.38. The summed E-state index contributed by atoms with van der Waals surface area (Å²) < 4.78 is 11.9. The lowest BCUT2D eigenvalue weighted by molar-refractivity contribution is -0.136. The maximum atomic E-state index is 11.9. The molecular formula is C12H17NO3S. The van der Waals surface area contributed by atoms with Crippen LogP contribution < -0.4 is 5.73 Å². The van der Waals surface area contributed by atoms with Gasteiger partial charge < -0.3 is 10.8 Å². The number of aliphatic carboxylic acids is 1. The monoisotopic (exact) mass is 255 g/mol. The summed E-state index contributed by atoms with van der Waals surface area (Å²) in [4.78, 5) is 11.4. The van der Waals surface area contributed by atoms with E-state index in [-0.39, 0.29) is 6.54 Å². The van der Waals surface area contributed by atoms with Crippen LogP contribution in [0.25, 0.3) is 0 Å². The van der Waals surface area contributed by atoms with Crippen LogP contribution in [0.1, 0.15) is 25.3 Å². The number of benzene rings is 1. The van der Waals surface area contributed by atoms with Gasteiger partial charge in [-0.25, -0.2) is 0 Å². The van der Waals surface area contributed by atoms with Gasteiger partial charge >= 0.3 is 5.97 Å². The van der Waals surface area contributed by atoms with Crippen LogP contribution in [0.3, 0.4) is 0 Å². The molecule has 0 aliphatic heterocycles. The second-order valence-electron chi connectivity index (χ2n) is 4.08. The molecule has 0 radical (unpaired) electrons. The summed E-state index contributed by atoms with van der Waals surface area (Å²) in [5.74, 6) is -0.735. The van der Waals surface area contributed by atoms with Gasteiger partial charge in [-0.3, -0.25) is 9.00 Å². The van der Waals surface area contributed by atoms with Gasteiger partial charge in [0.05, 0.1) is 10.8 Å². The van der Waals surface area contributed by atoms with Gasteiger partial charge in [0.1, 0.15) is 5.25 Å². The molecule has 0 aliphatic carbocycles. The van der Waals surface area contributed by atoms with Crippen molar-refractivity contribution in [2.24, 2.45) is 5.73 Å². The molecule has 0 bridgehead atoms. The first-order chi connectivity index (χ1) is 7.97. The number of hydrogen-bond donors (Lipinski definition) is 2. The zero-order valence-electron chi connectivity index (χ0n) is 9.92. The van der Waals surface area contributed by atoms with Crippen molar-refractivity contribution in [1.82, 2.24) is 0 Å². The van der Waals surface area contributed by atoms with Crippen molar-refractivity contribution in [3.63, 3.8) is 0 Å². The fraction of sp³-hybridized carbons (Fsp3) is 0.417. The molecule has 1 aromatic rings. The van der Waals surface area contributed by atoms with Crippen LogP contribution in [0.15, 0.2) is 29.2 Å². The molecule has 0 saturated carbocycles. The molecule has 5 heteroatoms. The summed E-state index contributed by atoms with van der Waals surface area (Å²) in [5, 5.41) is 7.83. The maximum Gasteiger partial charge on any atom is 0.320 e. The summed E-state index contributed by atoms with van der Waals surface area (Å²) >= 11 is 0. The van der Waals surface area contributed by atoms with Gasteiger partial charge in [-0.05, 0) is 23.6 Å². The van der Waals surface area contributed by atoms with Gasteiger partial charge in [-0.1, -0.05) is 26.0 Å². The fourth-order valence-corrected chi connectivity index (χ4v) is 2.52. The van der Waals surface area contributed by atoms with Crippen LogP contribution in [0, 0.1) is 0 Å². The topological polar surface area (TPSA) is 80.4 Å². The molecule has 0 heterocycles. The average molecular weight is 255 g/mol. The predicted octanol–water partition coefficient (Wildman–Crippen LogP) is 1.33. The molecule has 0 amide bonds. The Kier molecular flexibility index (Phi) is 4.84. The molecule has 1 aromatic carbocycles. The van der Waals surface area contributed by atoms with E-state index >= 15 is 0 Å². The van der Waals surface area contributed by atoms with Crippen molar-refractivity contribution >= 4 is 16.8 Å². The molecule has 0 aliphatic rings. The molecule has 17 heavy (non-hydrogen) atoms. The normalized spacial score (nSPS) is 14.6. The Balaban J connectivity index is 2.93. The molecule has 0 saturated heterocycles. The Labute approximate surface area is 103 Å². The first-order valence-electron chi connectivity index (χ1n) is 5.40. The Bertz CT molecular complexity index is 414. The smallest absolute Gasteiger partial charge is 0.320 e. The Morgan fingerprint density at radius 3 is 2.24 bits per heavy atom. The number of carboxylic acid groups (broad SMARTS) is 1. The van der Waals surface area contributed by atoms with Gasteiger partial charge in [-0.2, -0.15) is 0 Å². The summed E-state index contributed by atoms with van der Waals surface area (Å²) in [7, 11) is -1.60. The molecule has 4 nitrogen and oxygen atoms in total. The summed E-state index contributed by atoms with van der Waals surface area (Å²) in [6.07, 6.45) is 0. The van der Waals surface area contributed by atoms with E-state index in [0.717, 1.165) is 5.56 Å². The molecule has 0 aromatic heterocycles. The van der Waals surface area contributed by atoms with Gasteiger partial charge in [-0.15, -0.1) is 0 Å². The van der Waals surface area contributed by atoms with E-state index in [1.807, 2.05) is 12.1 Å². The average Bonchev–Trinajstić information content (AvgIpc) is 2.29. The summed E-state index contributed by atoms with van der Waals surface area (Å²) in [5.41, 5.74) is 6.45. The van der Waals surface area contributed by atoms with Crippen molar-refractivity contribution in [2.75, 3.05) is 6.54 Å². The van der Waals surface area contributed by atoms with Crippen LogP contribution in [-0.4, -0.2) is 27.1 Å². The lowest BCUT2D eigenvalue weighted by atomic mass is 10.0. The van der Waals surface area contributed by atoms with E-state index < -0.39 is 22.0 Å². The summed E-state index contributed by atoms with van der Waals surface area (Å²) in [6.45, 7) is 3.99. The minimum Gasteiger partial charge on any atom is -0.480 e. The highest BCUT2D eigenvalue weighted by molar-refractivity contribution is 7.86. The minimum atomic E-state index is -1.60. The highest BCUT2D eigenvalue weighted by Crippen LogP contribution is 2.18. The van der Waals surface area contributed by atoms with Crippen LogP contribution in [-0.2, 0) is 15.6 Å². The quantitative estimate of drug-likeness (QED) is 0.831. The number of carbonyl (C=O) groups is 1. The van der Waals surface area contributed by atoms with Crippen molar-refractivity contribution in [1.29, 1.82) is 0 Å². The van der Waals surface area contributed by atoms with Gasteiger partial charge in [0, 0.05) is 11.4 Å². The van der Waals surface area contributed by atoms with Gasteiger partial charge in [0.15, 0.2) is 0 Å². The molecule has 94 valence electrons. The highest BCUT2D eigenvalue weighted by atomic mass is 32.2. The van der Waals surface area contributed by atoms with E-state index in [4.69, 9.17) is 10.8 Å². The van der Waals surface area contributed by atoms with E-state index in [9.17, 15) is 9.00 Å². The lowest BCUT2D eigenvalue weighted by Crippen LogP contribution is -2.33. The molecule has 0 spiro atoms. The van der Waals surface area contributed by atoms with E-state index in [1.165, 1.54) is 0 Å². The zero-order valence-corrected chi connectivity index (χ0v) is 10.7. The largest absolute Gasteiger partial charge is 0.480 e. The minimum absolute atomic E-state index is 0.131. The lowest BCUT2D eigenvalue weighted by Gasteiger charge is -2.11. The van der Waals surface area contributed by atoms with Crippen LogP contribution in [0.4, 0.5) is 0 Å². The van der Waals surface area contributed by atoms with Crippen LogP contribution in [0.2, 0.25) is 0 Å². The SMILES string of the molecule is CC(C)c1ccc(S(=O)C(CN)C(=O)O)cc1.